The van der Waals surface area contributed by atoms with Crippen LogP contribution in [0.4, 0.5) is 5.69 Å². The number of morpholine rings is 1. The van der Waals surface area contributed by atoms with E-state index in [1.165, 1.54) is 0 Å². The molecule has 0 spiro atoms. The maximum absolute atomic E-state index is 10.1. The van der Waals surface area contributed by atoms with E-state index < -0.39 is 5.60 Å². The predicted molar refractivity (Wildman–Crippen MR) is 69.8 cm³/mol. The van der Waals surface area contributed by atoms with Crippen LogP contribution in [0.25, 0.3) is 0 Å². The number of aromatic nitrogens is 1. The molecule has 2 heterocycles. The van der Waals surface area contributed by atoms with Crippen molar-refractivity contribution in [1.29, 1.82) is 0 Å². The highest BCUT2D eigenvalue weighted by atomic mass is 16.5. The molecule has 98 valence electrons. The molecule has 18 heavy (non-hydrogen) atoms. The van der Waals surface area contributed by atoms with Crippen LogP contribution in [-0.2, 0) is 11.2 Å². The number of aliphatic hydroxyl groups is 1. The van der Waals surface area contributed by atoms with Crippen LogP contribution in [0.2, 0.25) is 0 Å². The van der Waals surface area contributed by atoms with E-state index in [1.54, 1.807) is 0 Å². The third-order valence-electron chi connectivity index (χ3n) is 3.96. The van der Waals surface area contributed by atoms with Gasteiger partial charge in [0.05, 0.1) is 24.1 Å². The molecule has 2 aliphatic rings. The zero-order valence-corrected chi connectivity index (χ0v) is 10.8. The molecule has 1 atom stereocenters. The second-order valence-electron chi connectivity index (χ2n) is 5.27. The lowest BCUT2D eigenvalue weighted by Crippen LogP contribution is -2.48. The molecule has 3 rings (SSSR count). The molecule has 1 unspecified atom stereocenters. The number of hydrogen-bond acceptors (Lipinski definition) is 4. The van der Waals surface area contributed by atoms with Crippen molar-refractivity contribution in [2.75, 3.05) is 24.6 Å². The largest absolute Gasteiger partial charge is 0.387 e. The Morgan fingerprint density at radius 2 is 2.33 bits per heavy atom. The number of anilines is 1. The van der Waals surface area contributed by atoms with E-state index in [2.05, 4.69) is 28.9 Å². The maximum atomic E-state index is 10.1. The first-order valence-electron chi connectivity index (χ1n) is 6.75. The summed E-state index contributed by atoms with van der Waals surface area (Å²) in [5.41, 5.74) is 1.68. The van der Waals surface area contributed by atoms with Crippen LogP contribution in [0.3, 0.4) is 0 Å². The van der Waals surface area contributed by atoms with E-state index >= 15 is 0 Å². The Bertz CT molecular complexity index is 414. The minimum absolute atomic E-state index is 0.0444. The lowest BCUT2D eigenvalue weighted by Gasteiger charge is -2.36. The number of pyridine rings is 1. The molecule has 4 heteroatoms. The van der Waals surface area contributed by atoms with Crippen molar-refractivity contribution >= 4 is 5.69 Å². The maximum Gasteiger partial charge on any atom is 0.104 e. The number of aryl methyl sites for hydroxylation is 1. The minimum atomic E-state index is -0.560. The Morgan fingerprint density at radius 1 is 1.50 bits per heavy atom. The van der Waals surface area contributed by atoms with Crippen molar-refractivity contribution in [2.45, 2.75) is 37.9 Å². The molecule has 1 N–H and O–H groups in total. The van der Waals surface area contributed by atoms with Crippen LogP contribution in [0.15, 0.2) is 18.3 Å². The van der Waals surface area contributed by atoms with Gasteiger partial charge in [0.2, 0.25) is 0 Å². The molecule has 0 aromatic carbocycles. The zero-order chi connectivity index (χ0) is 12.6. The van der Waals surface area contributed by atoms with E-state index in [1.807, 2.05) is 6.20 Å². The van der Waals surface area contributed by atoms with E-state index in [4.69, 9.17) is 4.74 Å². The Labute approximate surface area is 108 Å². The highest BCUT2D eigenvalue weighted by Gasteiger charge is 2.50. The summed E-state index contributed by atoms with van der Waals surface area (Å²) in [5, 5.41) is 10.1. The molecule has 1 aliphatic carbocycles. The standard InChI is InChI=1S/C14H20N2O2/c1-2-11-3-4-12(9-15-11)16-7-8-18-13(10-16)14(17)5-6-14/h3-4,9,13,17H,2,5-8,10H2,1H3. The van der Waals surface area contributed by atoms with Gasteiger partial charge in [-0.2, -0.15) is 0 Å². The fourth-order valence-corrected chi connectivity index (χ4v) is 2.47. The molecule has 0 bridgehead atoms. The average molecular weight is 248 g/mol. The van der Waals surface area contributed by atoms with E-state index in [0.29, 0.717) is 6.61 Å². The summed E-state index contributed by atoms with van der Waals surface area (Å²) in [6.45, 7) is 4.43. The first-order chi connectivity index (χ1) is 8.71. The first kappa shape index (κ1) is 11.9. The number of rotatable bonds is 3. The van der Waals surface area contributed by atoms with Gasteiger partial charge in [-0.3, -0.25) is 4.98 Å². The minimum Gasteiger partial charge on any atom is -0.387 e. The van der Waals surface area contributed by atoms with Gasteiger partial charge in [-0.15, -0.1) is 0 Å². The second-order valence-corrected chi connectivity index (χ2v) is 5.27. The molecule has 0 radical (unpaired) electrons. The fraction of sp³-hybridized carbons (Fsp3) is 0.643. The molecular weight excluding hydrogens is 228 g/mol. The smallest absolute Gasteiger partial charge is 0.104 e. The molecule has 4 nitrogen and oxygen atoms in total. The van der Waals surface area contributed by atoms with Gasteiger partial charge in [0.25, 0.3) is 0 Å². The van der Waals surface area contributed by atoms with Crippen LogP contribution in [0.5, 0.6) is 0 Å². The SMILES string of the molecule is CCc1ccc(N2CCOC(C3(O)CC3)C2)cn1. The molecule has 0 amide bonds. The number of nitrogens with zero attached hydrogens (tertiary/aromatic N) is 2. The molecule has 1 aliphatic heterocycles. The average Bonchev–Trinajstić information content (AvgIpc) is 3.18. The van der Waals surface area contributed by atoms with Crippen LogP contribution >= 0.6 is 0 Å². The lowest BCUT2D eigenvalue weighted by atomic mass is 10.1. The fourth-order valence-electron chi connectivity index (χ4n) is 2.47. The van der Waals surface area contributed by atoms with Crippen molar-refractivity contribution in [3.05, 3.63) is 24.0 Å². The molecule has 1 saturated carbocycles. The van der Waals surface area contributed by atoms with Crippen molar-refractivity contribution in [1.82, 2.24) is 4.98 Å². The Hall–Kier alpha value is -1.13. The van der Waals surface area contributed by atoms with Crippen molar-refractivity contribution in [2.24, 2.45) is 0 Å². The third kappa shape index (κ3) is 2.22. The normalized spacial score (nSPS) is 26.1. The summed E-state index contributed by atoms with van der Waals surface area (Å²) in [5.74, 6) is 0. The van der Waals surface area contributed by atoms with E-state index in [0.717, 1.165) is 43.7 Å². The summed E-state index contributed by atoms with van der Waals surface area (Å²) in [7, 11) is 0. The molecule has 1 saturated heterocycles. The van der Waals surface area contributed by atoms with Gasteiger partial charge in [-0.25, -0.2) is 0 Å². The molecule has 2 fully saturated rings. The van der Waals surface area contributed by atoms with Gasteiger partial charge in [0, 0.05) is 18.8 Å². The summed E-state index contributed by atoms with van der Waals surface area (Å²) in [6.07, 6.45) is 4.60. The Kier molecular flexibility index (Phi) is 2.99. The predicted octanol–water partition coefficient (Wildman–Crippen LogP) is 1.37. The Balaban J connectivity index is 1.71. The van der Waals surface area contributed by atoms with Gasteiger partial charge in [-0.05, 0) is 31.4 Å². The summed E-state index contributed by atoms with van der Waals surface area (Å²) < 4.78 is 5.69. The van der Waals surface area contributed by atoms with E-state index in [9.17, 15) is 5.11 Å². The van der Waals surface area contributed by atoms with E-state index in [-0.39, 0.29) is 6.10 Å². The third-order valence-corrected chi connectivity index (χ3v) is 3.96. The molecule has 1 aromatic heterocycles. The zero-order valence-electron chi connectivity index (χ0n) is 10.8. The monoisotopic (exact) mass is 248 g/mol. The molecule has 1 aromatic rings. The number of hydrogen-bond donors (Lipinski definition) is 1. The van der Waals surface area contributed by atoms with Gasteiger partial charge in [-0.1, -0.05) is 6.92 Å². The van der Waals surface area contributed by atoms with Gasteiger partial charge in [0.15, 0.2) is 0 Å². The second kappa shape index (κ2) is 4.52. The van der Waals surface area contributed by atoms with Crippen molar-refractivity contribution < 1.29 is 9.84 Å². The topological polar surface area (TPSA) is 45.6 Å². The van der Waals surface area contributed by atoms with Crippen LogP contribution in [0, 0.1) is 0 Å². The first-order valence-corrected chi connectivity index (χ1v) is 6.75. The van der Waals surface area contributed by atoms with Crippen LogP contribution in [0.1, 0.15) is 25.5 Å². The summed E-state index contributed by atoms with van der Waals surface area (Å²) in [4.78, 5) is 6.69. The van der Waals surface area contributed by atoms with Crippen LogP contribution < -0.4 is 4.90 Å². The highest BCUT2D eigenvalue weighted by Crippen LogP contribution is 2.41. The van der Waals surface area contributed by atoms with Crippen molar-refractivity contribution in [3.8, 4) is 0 Å². The Morgan fingerprint density at radius 3 is 2.94 bits per heavy atom. The number of ether oxygens (including phenoxy) is 1. The van der Waals surface area contributed by atoms with Gasteiger partial charge in [0.1, 0.15) is 6.10 Å². The van der Waals surface area contributed by atoms with Gasteiger partial charge >= 0.3 is 0 Å². The lowest BCUT2D eigenvalue weighted by molar-refractivity contribution is -0.0586. The summed E-state index contributed by atoms with van der Waals surface area (Å²) in [6, 6.07) is 4.19. The van der Waals surface area contributed by atoms with Crippen LogP contribution in [-0.4, -0.2) is 41.5 Å². The summed E-state index contributed by atoms with van der Waals surface area (Å²) >= 11 is 0. The quantitative estimate of drug-likeness (QED) is 0.877. The van der Waals surface area contributed by atoms with Gasteiger partial charge < -0.3 is 14.7 Å². The van der Waals surface area contributed by atoms with Crippen molar-refractivity contribution in [3.63, 3.8) is 0 Å². The molecular formula is C14H20N2O2. The highest BCUT2D eigenvalue weighted by molar-refractivity contribution is 5.45.